The summed E-state index contributed by atoms with van der Waals surface area (Å²) < 4.78 is 5.72. The molecule has 1 aromatic carbocycles. The fourth-order valence-electron chi connectivity index (χ4n) is 2.07. The molecule has 0 atom stereocenters. The predicted molar refractivity (Wildman–Crippen MR) is 77.4 cm³/mol. The van der Waals surface area contributed by atoms with Gasteiger partial charge in [-0.15, -0.1) is 0 Å². The van der Waals surface area contributed by atoms with Crippen molar-refractivity contribution in [2.75, 3.05) is 6.54 Å². The molecule has 2 heterocycles. The van der Waals surface area contributed by atoms with Crippen LogP contribution in [0.3, 0.4) is 0 Å². The molecule has 0 aliphatic heterocycles. The molecule has 2 N–H and O–H groups in total. The van der Waals surface area contributed by atoms with Crippen molar-refractivity contribution in [3.05, 3.63) is 52.4 Å². The third kappa shape index (κ3) is 2.48. The van der Waals surface area contributed by atoms with Gasteiger partial charge in [0.1, 0.15) is 5.58 Å². The van der Waals surface area contributed by atoms with Crippen LogP contribution in [0.25, 0.3) is 22.6 Å². The van der Waals surface area contributed by atoms with E-state index < -0.39 is 0 Å². The summed E-state index contributed by atoms with van der Waals surface area (Å²) >= 11 is 0. The average Bonchev–Trinajstić information content (AvgIpc) is 2.88. The SMILES string of the molecule is CCNCc1cc(=O)[nH]c(-c2cc3ccccc3o2)n1. The van der Waals surface area contributed by atoms with E-state index >= 15 is 0 Å². The molecule has 3 aromatic rings. The number of para-hydroxylation sites is 1. The third-order valence-electron chi connectivity index (χ3n) is 3.01. The van der Waals surface area contributed by atoms with Crippen LogP contribution >= 0.6 is 0 Å². The monoisotopic (exact) mass is 269 g/mol. The Bertz CT molecular complexity index is 756. The van der Waals surface area contributed by atoms with E-state index in [1.165, 1.54) is 6.07 Å². The molecule has 2 aromatic heterocycles. The summed E-state index contributed by atoms with van der Waals surface area (Å²) in [5.41, 5.74) is 1.30. The molecule has 0 aliphatic carbocycles. The molecule has 102 valence electrons. The Morgan fingerprint density at radius 2 is 2.15 bits per heavy atom. The Morgan fingerprint density at radius 1 is 1.30 bits per heavy atom. The Labute approximate surface area is 115 Å². The van der Waals surface area contributed by atoms with E-state index in [0.717, 1.165) is 17.5 Å². The molecular formula is C15H15N3O2. The highest BCUT2D eigenvalue weighted by atomic mass is 16.3. The second-order valence-electron chi connectivity index (χ2n) is 4.51. The standard InChI is InChI=1S/C15H15N3O2/c1-2-16-9-11-8-14(19)18-15(17-11)13-7-10-5-3-4-6-12(10)20-13/h3-8,16H,2,9H2,1H3,(H,17,18,19). The first-order valence-corrected chi connectivity index (χ1v) is 6.56. The maximum atomic E-state index is 11.7. The number of rotatable bonds is 4. The summed E-state index contributed by atoms with van der Waals surface area (Å²) in [6.45, 7) is 3.40. The lowest BCUT2D eigenvalue weighted by Crippen LogP contribution is -2.17. The van der Waals surface area contributed by atoms with Crippen molar-refractivity contribution in [2.45, 2.75) is 13.5 Å². The molecule has 0 unspecified atom stereocenters. The molecule has 0 bridgehead atoms. The molecule has 0 spiro atoms. The van der Waals surface area contributed by atoms with E-state index in [4.69, 9.17) is 4.42 Å². The van der Waals surface area contributed by atoms with Gasteiger partial charge < -0.3 is 14.7 Å². The molecule has 0 saturated carbocycles. The van der Waals surface area contributed by atoms with Crippen molar-refractivity contribution in [1.29, 1.82) is 0 Å². The van der Waals surface area contributed by atoms with E-state index in [-0.39, 0.29) is 5.56 Å². The second-order valence-corrected chi connectivity index (χ2v) is 4.51. The lowest BCUT2D eigenvalue weighted by molar-refractivity contribution is 0.622. The van der Waals surface area contributed by atoms with E-state index in [1.54, 1.807) is 0 Å². The Hall–Kier alpha value is -2.40. The number of fused-ring (bicyclic) bond motifs is 1. The van der Waals surface area contributed by atoms with Crippen molar-refractivity contribution in [2.24, 2.45) is 0 Å². The predicted octanol–water partition coefficient (Wildman–Crippen LogP) is 2.29. The van der Waals surface area contributed by atoms with Crippen LogP contribution in [0.1, 0.15) is 12.6 Å². The summed E-state index contributed by atoms with van der Waals surface area (Å²) in [4.78, 5) is 18.8. The average molecular weight is 269 g/mol. The third-order valence-corrected chi connectivity index (χ3v) is 3.01. The van der Waals surface area contributed by atoms with Gasteiger partial charge in [0, 0.05) is 18.0 Å². The van der Waals surface area contributed by atoms with Gasteiger partial charge in [-0.05, 0) is 18.7 Å². The highest BCUT2D eigenvalue weighted by molar-refractivity contribution is 5.81. The summed E-state index contributed by atoms with van der Waals surface area (Å²) in [5, 5.41) is 4.14. The van der Waals surface area contributed by atoms with Gasteiger partial charge in [0.2, 0.25) is 0 Å². The summed E-state index contributed by atoms with van der Waals surface area (Å²) in [7, 11) is 0. The minimum Gasteiger partial charge on any atom is -0.453 e. The van der Waals surface area contributed by atoms with Crippen molar-refractivity contribution in [1.82, 2.24) is 15.3 Å². The first-order valence-electron chi connectivity index (χ1n) is 6.56. The lowest BCUT2D eigenvalue weighted by atomic mass is 10.2. The van der Waals surface area contributed by atoms with Crippen LogP contribution in [-0.2, 0) is 6.54 Å². The molecular weight excluding hydrogens is 254 g/mol. The van der Waals surface area contributed by atoms with Crippen molar-refractivity contribution < 1.29 is 4.42 Å². The van der Waals surface area contributed by atoms with E-state index in [1.807, 2.05) is 37.3 Å². The number of hydrogen-bond acceptors (Lipinski definition) is 4. The number of furan rings is 1. The number of hydrogen-bond donors (Lipinski definition) is 2. The van der Waals surface area contributed by atoms with Gasteiger partial charge in [-0.2, -0.15) is 0 Å². The molecule has 0 amide bonds. The first-order chi connectivity index (χ1) is 9.76. The fourth-order valence-corrected chi connectivity index (χ4v) is 2.07. The zero-order chi connectivity index (χ0) is 13.9. The van der Waals surface area contributed by atoms with Crippen LogP contribution in [0, 0.1) is 0 Å². The molecule has 0 aliphatic rings. The first kappa shape index (κ1) is 12.6. The van der Waals surface area contributed by atoms with Crippen LogP contribution in [0.4, 0.5) is 0 Å². The van der Waals surface area contributed by atoms with Crippen LogP contribution < -0.4 is 10.9 Å². The minimum atomic E-state index is -0.177. The van der Waals surface area contributed by atoms with Crippen molar-refractivity contribution >= 4 is 11.0 Å². The molecule has 0 fully saturated rings. The van der Waals surface area contributed by atoms with Gasteiger partial charge in [-0.1, -0.05) is 25.1 Å². The summed E-state index contributed by atoms with van der Waals surface area (Å²) in [6, 6.07) is 11.1. The van der Waals surface area contributed by atoms with E-state index in [2.05, 4.69) is 15.3 Å². The number of aromatic amines is 1. The van der Waals surface area contributed by atoms with Crippen molar-refractivity contribution in [3.63, 3.8) is 0 Å². The Kier molecular flexibility index (Phi) is 3.35. The topological polar surface area (TPSA) is 70.9 Å². The van der Waals surface area contributed by atoms with E-state index in [9.17, 15) is 4.79 Å². The molecule has 20 heavy (non-hydrogen) atoms. The molecule has 5 nitrogen and oxygen atoms in total. The summed E-state index contributed by atoms with van der Waals surface area (Å²) in [6.07, 6.45) is 0. The second kappa shape index (κ2) is 5.30. The summed E-state index contributed by atoms with van der Waals surface area (Å²) in [5.74, 6) is 1.03. The largest absolute Gasteiger partial charge is 0.453 e. The zero-order valence-electron chi connectivity index (χ0n) is 11.1. The van der Waals surface area contributed by atoms with Gasteiger partial charge in [0.15, 0.2) is 11.6 Å². The van der Waals surface area contributed by atoms with Gasteiger partial charge in [0.25, 0.3) is 5.56 Å². The number of benzene rings is 1. The van der Waals surface area contributed by atoms with Gasteiger partial charge in [0.05, 0.1) is 5.69 Å². The zero-order valence-corrected chi connectivity index (χ0v) is 11.1. The maximum absolute atomic E-state index is 11.7. The Balaban J connectivity index is 2.04. The quantitative estimate of drug-likeness (QED) is 0.762. The fraction of sp³-hybridized carbons (Fsp3) is 0.200. The lowest BCUT2D eigenvalue weighted by Gasteiger charge is -2.02. The number of H-pyrrole nitrogens is 1. The number of aromatic nitrogens is 2. The van der Waals surface area contributed by atoms with E-state index in [0.29, 0.717) is 23.8 Å². The molecule has 5 heteroatoms. The minimum absolute atomic E-state index is 0.177. The van der Waals surface area contributed by atoms with Crippen LogP contribution in [0.5, 0.6) is 0 Å². The molecule has 0 saturated heterocycles. The molecule has 0 radical (unpaired) electrons. The number of nitrogens with one attached hydrogen (secondary N) is 2. The maximum Gasteiger partial charge on any atom is 0.251 e. The van der Waals surface area contributed by atoms with Crippen LogP contribution in [0.2, 0.25) is 0 Å². The van der Waals surface area contributed by atoms with Crippen LogP contribution in [-0.4, -0.2) is 16.5 Å². The van der Waals surface area contributed by atoms with Gasteiger partial charge in [-0.3, -0.25) is 4.79 Å². The van der Waals surface area contributed by atoms with Crippen LogP contribution in [0.15, 0.2) is 45.6 Å². The van der Waals surface area contributed by atoms with Gasteiger partial charge in [-0.25, -0.2) is 4.98 Å². The Morgan fingerprint density at radius 3 is 2.95 bits per heavy atom. The highest BCUT2D eigenvalue weighted by Gasteiger charge is 2.09. The van der Waals surface area contributed by atoms with Crippen molar-refractivity contribution in [3.8, 4) is 11.6 Å². The highest BCUT2D eigenvalue weighted by Crippen LogP contribution is 2.24. The number of nitrogens with zero attached hydrogens (tertiary/aromatic N) is 1. The molecule has 3 rings (SSSR count). The normalized spacial score (nSPS) is 11.1. The van der Waals surface area contributed by atoms with Gasteiger partial charge >= 0.3 is 0 Å². The smallest absolute Gasteiger partial charge is 0.251 e.